The van der Waals surface area contributed by atoms with Crippen LogP contribution in [-0.4, -0.2) is 10.7 Å². The summed E-state index contributed by atoms with van der Waals surface area (Å²) >= 11 is 0. The van der Waals surface area contributed by atoms with E-state index in [0.29, 0.717) is 11.8 Å². The largest absolute Gasteiger partial charge is 0.233 e. The molecule has 2 atom stereocenters. The minimum absolute atomic E-state index is 0.0318. The van der Waals surface area contributed by atoms with Crippen LogP contribution in [0.1, 0.15) is 33.1 Å². The molecule has 0 aliphatic heterocycles. The van der Waals surface area contributed by atoms with Crippen molar-refractivity contribution in [3.8, 4) is 0 Å². The lowest BCUT2D eigenvalue weighted by atomic mass is 9.75. The second-order valence-electron chi connectivity index (χ2n) is 4.65. The summed E-state index contributed by atoms with van der Waals surface area (Å²) < 4.78 is 0. The third-order valence-corrected chi connectivity index (χ3v) is 3.69. The van der Waals surface area contributed by atoms with E-state index < -0.39 is 5.03 Å². The molecule has 0 spiro atoms. The van der Waals surface area contributed by atoms with Crippen LogP contribution >= 0.6 is 0 Å². The fraction of sp³-hybridized carbons (Fsp3) is 0.889. The van der Waals surface area contributed by atoms with Gasteiger partial charge < -0.3 is 0 Å². The Bertz CT molecular complexity index is 283. The maximum atomic E-state index is 10.3. The molecule has 0 aromatic heterocycles. The summed E-state index contributed by atoms with van der Waals surface area (Å²) in [6, 6.07) is 0. The normalized spacial score (nSPS) is 38.5. The highest BCUT2D eigenvalue weighted by Gasteiger charge is 2.52. The van der Waals surface area contributed by atoms with Gasteiger partial charge in [0.05, 0.1) is 5.10 Å². The third-order valence-electron chi connectivity index (χ3n) is 3.69. The highest BCUT2D eigenvalue weighted by atomic mass is 16.7. The molecule has 0 N–H and O–H groups in total. The minimum Gasteiger partial charge on any atom is -0.233 e. The van der Waals surface area contributed by atoms with E-state index >= 15 is 0 Å². The minimum atomic E-state index is -0.544. The molecule has 2 saturated carbocycles. The van der Waals surface area contributed by atoms with Crippen molar-refractivity contribution in [1.82, 2.24) is 0 Å². The van der Waals surface area contributed by atoms with Gasteiger partial charge in [-0.1, -0.05) is 13.8 Å². The van der Waals surface area contributed by atoms with Gasteiger partial charge in [0.2, 0.25) is 0 Å². The van der Waals surface area contributed by atoms with Crippen LogP contribution in [0.25, 0.3) is 0 Å². The van der Waals surface area contributed by atoms with Crippen LogP contribution < -0.4 is 0 Å². The molecule has 2 aliphatic carbocycles. The molecule has 2 unspecified atom stereocenters. The van der Waals surface area contributed by atoms with Gasteiger partial charge in [-0.3, -0.25) is 0 Å². The van der Waals surface area contributed by atoms with E-state index in [0.717, 1.165) is 18.6 Å². The van der Waals surface area contributed by atoms with Gasteiger partial charge >= 0.3 is 0 Å². The molecule has 0 aromatic carbocycles. The lowest BCUT2D eigenvalue weighted by Gasteiger charge is -2.29. The Hall–Kier alpha value is -0.930. The van der Waals surface area contributed by atoms with Crippen LogP contribution in [0.5, 0.6) is 0 Å². The van der Waals surface area contributed by atoms with E-state index in [-0.39, 0.29) is 5.41 Å². The summed E-state index contributed by atoms with van der Waals surface area (Å²) in [4.78, 5) is 10.3. The molecule has 0 saturated heterocycles. The lowest BCUT2D eigenvalue weighted by molar-refractivity contribution is -0.485. The molecule has 0 heterocycles. The van der Waals surface area contributed by atoms with Crippen molar-refractivity contribution in [1.29, 1.82) is 0 Å². The highest BCUT2D eigenvalue weighted by Crippen LogP contribution is 2.53. The Labute approximate surface area is 77.2 Å². The fourth-order valence-corrected chi connectivity index (χ4v) is 2.92. The molecule has 72 valence electrons. The van der Waals surface area contributed by atoms with Gasteiger partial charge in [0.1, 0.15) is 5.71 Å². The van der Waals surface area contributed by atoms with Crippen molar-refractivity contribution in [2.24, 2.45) is 22.4 Å². The van der Waals surface area contributed by atoms with Crippen molar-refractivity contribution >= 4 is 5.71 Å². The van der Waals surface area contributed by atoms with Gasteiger partial charge in [-0.25, -0.2) is 10.1 Å². The molecular weight excluding hydrogens is 168 g/mol. The maximum Gasteiger partial charge on any atom is 0.190 e. The van der Waals surface area contributed by atoms with Gasteiger partial charge in [-0.15, -0.1) is 0 Å². The first-order valence-electron chi connectivity index (χ1n) is 4.75. The topological polar surface area (TPSA) is 55.5 Å². The van der Waals surface area contributed by atoms with Crippen LogP contribution in [0.3, 0.4) is 0 Å². The summed E-state index contributed by atoms with van der Waals surface area (Å²) in [5.74, 6) is 1.02. The number of hydrazone groups is 1. The predicted octanol–water partition coefficient (Wildman–Crippen LogP) is 2.08. The first kappa shape index (κ1) is 8.66. The first-order chi connectivity index (χ1) is 6.01. The maximum absolute atomic E-state index is 10.3. The number of rotatable bonds is 1. The summed E-state index contributed by atoms with van der Waals surface area (Å²) in [6.45, 7) is 4.16. The van der Waals surface area contributed by atoms with Crippen LogP contribution in [-0.2, 0) is 0 Å². The molecule has 0 radical (unpaired) electrons. The van der Waals surface area contributed by atoms with E-state index in [9.17, 15) is 10.1 Å². The average Bonchev–Trinajstić information content (AvgIpc) is 2.53. The number of hydrogen-bond acceptors (Lipinski definition) is 2. The van der Waals surface area contributed by atoms with Crippen molar-refractivity contribution in [2.45, 2.75) is 33.1 Å². The first-order valence-corrected chi connectivity index (χ1v) is 4.75. The van der Waals surface area contributed by atoms with E-state index in [1.165, 1.54) is 6.42 Å². The van der Waals surface area contributed by atoms with E-state index in [1.54, 1.807) is 0 Å². The molecule has 2 rings (SSSR count). The molecule has 4 nitrogen and oxygen atoms in total. The van der Waals surface area contributed by atoms with Crippen LogP contribution in [0.2, 0.25) is 0 Å². The van der Waals surface area contributed by atoms with Gasteiger partial charge in [-0.2, -0.15) is 0 Å². The molecule has 2 aliphatic rings. The molecule has 0 aromatic rings. The van der Waals surface area contributed by atoms with Gasteiger partial charge in [0, 0.05) is 11.3 Å². The Balaban J connectivity index is 2.34. The Morgan fingerprint density at radius 1 is 1.54 bits per heavy atom. The molecular formula is C9H14N2O2. The zero-order valence-electron chi connectivity index (χ0n) is 7.99. The molecule has 2 bridgehead atoms. The van der Waals surface area contributed by atoms with E-state index in [1.807, 2.05) is 0 Å². The predicted molar refractivity (Wildman–Crippen MR) is 49.0 cm³/mol. The monoisotopic (exact) mass is 182 g/mol. The smallest absolute Gasteiger partial charge is 0.190 e. The highest BCUT2D eigenvalue weighted by molar-refractivity contribution is 5.94. The molecule has 13 heavy (non-hydrogen) atoms. The van der Waals surface area contributed by atoms with Crippen LogP contribution in [0, 0.1) is 27.4 Å². The van der Waals surface area contributed by atoms with Gasteiger partial charge in [0.25, 0.3) is 0 Å². The molecule has 2 fully saturated rings. The number of fused-ring (bicyclic) bond motifs is 2. The second-order valence-corrected chi connectivity index (χ2v) is 4.65. The average molecular weight is 182 g/mol. The summed E-state index contributed by atoms with van der Waals surface area (Å²) in [7, 11) is 0. The zero-order chi connectivity index (χ0) is 9.64. The number of nitro groups is 1. The van der Waals surface area contributed by atoms with Crippen molar-refractivity contribution in [2.75, 3.05) is 0 Å². The second kappa shape index (κ2) is 2.53. The SMILES string of the molecule is CC1(C)C(=N[N+](=O)[O-])C2CCC1C2. The van der Waals surface area contributed by atoms with Crippen molar-refractivity contribution in [3.63, 3.8) is 0 Å². The number of nitrogens with zero attached hydrogens (tertiary/aromatic N) is 2. The quantitative estimate of drug-likeness (QED) is 0.460. The standard InChI is InChI=1S/C9H14N2O2/c1-9(2)7-4-3-6(5-7)8(9)10-11(12)13/h6-7H,3-5H2,1-2H3. The summed E-state index contributed by atoms with van der Waals surface area (Å²) in [6.07, 6.45) is 3.43. The Morgan fingerprint density at radius 3 is 2.69 bits per heavy atom. The summed E-state index contributed by atoms with van der Waals surface area (Å²) in [5.41, 5.74) is 0.796. The molecule has 4 heteroatoms. The molecule has 0 amide bonds. The number of hydrogen-bond donors (Lipinski definition) is 0. The Kier molecular flexibility index (Phi) is 1.68. The fourth-order valence-electron chi connectivity index (χ4n) is 2.92. The lowest BCUT2D eigenvalue weighted by Crippen LogP contribution is -2.31. The zero-order valence-corrected chi connectivity index (χ0v) is 7.99. The van der Waals surface area contributed by atoms with Crippen LogP contribution in [0.4, 0.5) is 0 Å². The Morgan fingerprint density at radius 2 is 2.23 bits per heavy atom. The van der Waals surface area contributed by atoms with Crippen molar-refractivity contribution in [3.05, 3.63) is 10.1 Å². The summed E-state index contributed by atoms with van der Waals surface area (Å²) in [5, 5.41) is 13.3. The van der Waals surface area contributed by atoms with Crippen LogP contribution in [0.15, 0.2) is 5.10 Å². The van der Waals surface area contributed by atoms with E-state index in [4.69, 9.17) is 0 Å². The van der Waals surface area contributed by atoms with Gasteiger partial charge in [0.15, 0.2) is 5.03 Å². The van der Waals surface area contributed by atoms with Crippen molar-refractivity contribution < 1.29 is 5.03 Å². The van der Waals surface area contributed by atoms with E-state index in [2.05, 4.69) is 18.9 Å². The van der Waals surface area contributed by atoms with Gasteiger partial charge in [-0.05, 0) is 25.2 Å². The third kappa shape index (κ3) is 1.16.